The van der Waals surface area contributed by atoms with Crippen molar-refractivity contribution < 1.29 is 9.18 Å². The summed E-state index contributed by atoms with van der Waals surface area (Å²) in [6, 6.07) is 14.7. The van der Waals surface area contributed by atoms with Crippen LogP contribution in [0.15, 0.2) is 59.4 Å². The molecule has 1 heterocycles. The summed E-state index contributed by atoms with van der Waals surface area (Å²) in [7, 11) is 0. The van der Waals surface area contributed by atoms with Crippen LogP contribution in [0, 0.1) is 5.82 Å². The molecule has 0 bridgehead atoms. The average Bonchev–Trinajstić information content (AvgIpc) is 3.40. The molecule has 1 saturated carbocycles. The standard InChI is InChI=1S/C19H15FN2O2/c20-13-6-9-16-12(10-13)11-17(22(19(16)24)15-7-8-15)18(23)21-14-4-2-1-3-5-14/h1-6,9-11,15H,7-8H2,(H,21,23). The lowest BCUT2D eigenvalue weighted by Crippen LogP contribution is -2.28. The first-order chi connectivity index (χ1) is 11.6. The summed E-state index contributed by atoms with van der Waals surface area (Å²) in [5.41, 5.74) is 0.675. The number of amides is 1. The van der Waals surface area contributed by atoms with Crippen LogP contribution in [0.25, 0.3) is 10.8 Å². The Bertz CT molecular complexity index is 991. The fourth-order valence-electron chi connectivity index (χ4n) is 2.89. The fourth-order valence-corrected chi connectivity index (χ4v) is 2.89. The Hall–Kier alpha value is -2.95. The molecule has 3 aromatic rings. The number of anilines is 1. The summed E-state index contributed by atoms with van der Waals surface area (Å²) in [4.78, 5) is 25.4. The lowest BCUT2D eigenvalue weighted by molar-refractivity contribution is 0.101. The first-order valence-corrected chi connectivity index (χ1v) is 7.85. The predicted molar refractivity (Wildman–Crippen MR) is 90.8 cm³/mol. The molecule has 1 aromatic heterocycles. The van der Waals surface area contributed by atoms with E-state index < -0.39 is 5.82 Å². The quantitative estimate of drug-likeness (QED) is 0.799. The highest BCUT2D eigenvalue weighted by molar-refractivity contribution is 6.05. The van der Waals surface area contributed by atoms with Crippen LogP contribution >= 0.6 is 0 Å². The maximum atomic E-state index is 13.5. The Labute approximate surface area is 137 Å². The second-order valence-corrected chi connectivity index (χ2v) is 5.99. The van der Waals surface area contributed by atoms with Crippen molar-refractivity contribution in [1.29, 1.82) is 0 Å². The molecule has 5 heteroatoms. The number of hydrogen-bond acceptors (Lipinski definition) is 2. The zero-order valence-electron chi connectivity index (χ0n) is 12.8. The number of nitrogens with one attached hydrogen (secondary N) is 1. The normalized spacial score (nSPS) is 13.9. The van der Waals surface area contributed by atoms with Crippen molar-refractivity contribution in [2.45, 2.75) is 18.9 Å². The van der Waals surface area contributed by atoms with Crippen LogP contribution in [0.1, 0.15) is 29.4 Å². The minimum Gasteiger partial charge on any atom is -0.321 e. The minimum atomic E-state index is -0.430. The minimum absolute atomic E-state index is 0.0449. The van der Waals surface area contributed by atoms with Gasteiger partial charge in [0.2, 0.25) is 0 Å². The molecule has 4 nitrogen and oxygen atoms in total. The third-order valence-corrected chi connectivity index (χ3v) is 4.19. The smallest absolute Gasteiger partial charge is 0.272 e. The molecule has 0 unspecified atom stereocenters. The SMILES string of the molecule is O=C(Nc1ccccc1)c1cc2cc(F)ccc2c(=O)n1C1CC1. The van der Waals surface area contributed by atoms with Crippen molar-refractivity contribution in [3.63, 3.8) is 0 Å². The monoisotopic (exact) mass is 322 g/mol. The molecule has 1 aliphatic carbocycles. The number of benzene rings is 2. The van der Waals surface area contributed by atoms with Gasteiger partial charge in [-0.25, -0.2) is 4.39 Å². The first-order valence-electron chi connectivity index (χ1n) is 7.85. The molecular formula is C19H15FN2O2. The van der Waals surface area contributed by atoms with Crippen molar-refractivity contribution in [3.8, 4) is 0 Å². The Kier molecular flexibility index (Phi) is 3.41. The lowest BCUT2D eigenvalue weighted by atomic mass is 10.1. The van der Waals surface area contributed by atoms with Crippen LogP contribution in [0.2, 0.25) is 0 Å². The molecule has 0 radical (unpaired) electrons. The highest BCUT2D eigenvalue weighted by atomic mass is 19.1. The number of pyridine rings is 1. The molecule has 4 rings (SSSR count). The number of nitrogens with zero attached hydrogens (tertiary/aromatic N) is 1. The van der Waals surface area contributed by atoms with E-state index in [1.165, 1.54) is 18.2 Å². The number of aromatic nitrogens is 1. The van der Waals surface area contributed by atoms with E-state index >= 15 is 0 Å². The van der Waals surface area contributed by atoms with E-state index in [1.54, 1.807) is 22.8 Å². The van der Waals surface area contributed by atoms with E-state index in [0.717, 1.165) is 12.8 Å². The van der Waals surface area contributed by atoms with Gasteiger partial charge in [0.05, 0.1) is 0 Å². The van der Waals surface area contributed by atoms with Gasteiger partial charge in [0.15, 0.2) is 0 Å². The third-order valence-electron chi connectivity index (χ3n) is 4.19. The molecule has 1 N–H and O–H groups in total. The summed E-state index contributed by atoms with van der Waals surface area (Å²) in [6.45, 7) is 0. The molecule has 24 heavy (non-hydrogen) atoms. The molecule has 0 aliphatic heterocycles. The van der Waals surface area contributed by atoms with Gasteiger partial charge in [0.1, 0.15) is 11.5 Å². The molecule has 0 spiro atoms. The molecule has 0 atom stereocenters. The van der Waals surface area contributed by atoms with Crippen molar-refractivity contribution >= 4 is 22.4 Å². The van der Waals surface area contributed by atoms with E-state index in [-0.39, 0.29) is 23.2 Å². The third kappa shape index (κ3) is 2.58. The highest BCUT2D eigenvalue weighted by Gasteiger charge is 2.29. The summed E-state index contributed by atoms with van der Waals surface area (Å²) >= 11 is 0. The number of hydrogen-bond donors (Lipinski definition) is 1. The van der Waals surface area contributed by atoms with Crippen LogP contribution in [0.3, 0.4) is 0 Å². The lowest BCUT2D eigenvalue weighted by Gasteiger charge is -2.14. The van der Waals surface area contributed by atoms with Crippen molar-refractivity contribution in [1.82, 2.24) is 4.57 Å². The van der Waals surface area contributed by atoms with Gasteiger partial charge in [-0.05, 0) is 54.6 Å². The van der Waals surface area contributed by atoms with E-state index in [4.69, 9.17) is 0 Å². The Morgan fingerprint density at radius 3 is 2.54 bits per heavy atom. The van der Waals surface area contributed by atoms with Crippen molar-refractivity contribution in [3.05, 3.63) is 76.5 Å². The summed E-state index contributed by atoms with van der Waals surface area (Å²) in [6.07, 6.45) is 1.75. The van der Waals surface area contributed by atoms with Gasteiger partial charge in [-0.2, -0.15) is 0 Å². The average molecular weight is 322 g/mol. The Balaban J connectivity index is 1.85. The van der Waals surface area contributed by atoms with Gasteiger partial charge < -0.3 is 9.88 Å². The highest BCUT2D eigenvalue weighted by Crippen LogP contribution is 2.35. The van der Waals surface area contributed by atoms with Gasteiger partial charge in [-0.15, -0.1) is 0 Å². The number of fused-ring (bicyclic) bond motifs is 1. The number of rotatable bonds is 3. The molecule has 1 fully saturated rings. The van der Waals surface area contributed by atoms with Crippen molar-refractivity contribution in [2.24, 2.45) is 0 Å². The molecule has 2 aromatic carbocycles. The summed E-state index contributed by atoms with van der Waals surface area (Å²) < 4.78 is 15.1. The molecular weight excluding hydrogens is 307 g/mol. The van der Waals surface area contributed by atoms with Crippen molar-refractivity contribution in [2.75, 3.05) is 5.32 Å². The topological polar surface area (TPSA) is 51.1 Å². The van der Waals surface area contributed by atoms with E-state index in [1.807, 2.05) is 18.2 Å². The number of carbonyl (C=O) groups excluding carboxylic acids is 1. The van der Waals surface area contributed by atoms with Crippen LogP contribution in [0.4, 0.5) is 10.1 Å². The maximum Gasteiger partial charge on any atom is 0.272 e. The Morgan fingerprint density at radius 1 is 1.08 bits per heavy atom. The maximum absolute atomic E-state index is 13.5. The summed E-state index contributed by atoms with van der Waals surface area (Å²) in [5.74, 6) is -0.795. The second-order valence-electron chi connectivity index (χ2n) is 5.99. The van der Waals surface area contributed by atoms with E-state index in [2.05, 4.69) is 5.32 Å². The van der Waals surface area contributed by atoms with Crippen LogP contribution < -0.4 is 10.9 Å². The van der Waals surface area contributed by atoms with Gasteiger partial charge in [-0.3, -0.25) is 9.59 Å². The van der Waals surface area contributed by atoms with Gasteiger partial charge in [0, 0.05) is 17.1 Å². The molecule has 0 saturated heterocycles. The van der Waals surface area contributed by atoms with Crippen LogP contribution in [-0.2, 0) is 0 Å². The van der Waals surface area contributed by atoms with Crippen LogP contribution in [0.5, 0.6) is 0 Å². The predicted octanol–water partition coefficient (Wildman–Crippen LogP) is 3.73. The van der Waals surface area contributed by atoms with Gasteiger partial charge in [-0.1, -0.05) is 18.2 Å². The molecule has 1 amide bonds. The van der Waals surface area contributed by atoms with E-state index in [0.29, 0.717) is 16.5 Å². The van der Waals surface area contributed by atoms with Gasteiger partial charge >= 0.3 is 0 Å². The molecule has 1 aliphatic rings. The van der Waals surface area contributed by atoms with Gasteiger partial charge in [0.25, 0.3) is 11.5 Å². The summed E-state index contributed by atoms with van der Waals surface area (Å²) in [5, 5.41) is 3.67. The zero-order chi connectivity index (χ0) is 16.7. The first kappa shape index (κ1) is 14.6. The number of carbonyl (C=O) groups is 1. The van der Waals surface area contributed by atoms with Crippen LogP contribution in [-0.4, -0.2) is 10.5 Å². The fraction of sp³-hybridized carbons (Fsp3) is 0.158. The Morgan fingerprint density at radius 2 is 1.83 bits per heavy atom. The largest absolute Gasteiger partial charge is 0.321 e. The zero-order valence-corrected chi connectivity index (χ0v) is 12.8. The molecule has 120 valence electrons. The number of para-hydroxylation sites is 1. The number of halogens is 1. The van der Waals surface area contributed by atoms with E-state index in [9.17, 15) is 14.0 Å². The second kappa shape index (κ2) is 5.60.